The first-order chi connectivity index (χ1) is 15.1. The maximum Gasteiger partial charge on any atom is 0.317 e. The average molecular weight is 417 g/mol. The number of rotatable bonds is 5. The van der Waals surface area contributed by atoms with Gasteiger partial charge in [0.25, 0.3) is 0 Å². The summed E-state index contributed by atoms with van der Waals surface area (Å²) in [6.45, 7) is 6.71. The number of benzene rings is 2. The van der Waals surface area contributed by atoms with E-state index in [0.29, 0.717) is 6.54 Å². The van der Waals surface area contributed by atoms with Crippen LogP contribution in [0.5, 0.6) is 0 Å². The van der Waals surface area contributed by atoms with Crippen LogP contribution in [-0.4, -0.2) is 57.2 Å². The smallest absolute Gasteiger partial charge is 0.317 e. The third-order valence-corrected chi connectivity index (χ3v) is 6.48. The van der Waals surface area contributed by atoms with Crippen molar-refractivity contribution in [2.24, 2.45) is 5.41 Å². The Kier molecular flexibility index (Phi) is 5.19. The summed E-state index contributed by atoms with van der Waals surface area (Å²) < 4.78 is 0. The number of H-pyrrole nitrogens is 1. The van der Waals surface area contributed by atoms with Crippen molar-refractivity contribution < 1.29 is 4.79 Å². The number of aromatic amines is 1. The van der Waals surface area contributed by atoms with Crippen LogP contribution in [-0.2, 0) is 13.1 Å². The van der Waals surface area contributed by atoms with Gasteiger partial charge in [-0.15, -0.1) is 0 Å². The molecule has 0 radical (unpaired) electrons. The molecule has 0 saturated carbocycles. The molecule has 5 rings (SSSR count). The average Bonchev–Trinajstić information content (AvgIpc) is 3.36. The zero-order valence-corrected chi connectivity index (χ0v) is 17.8. The van der Waals surface area contributed by atoms with Gasteiger partial charge in [0.05, 0.1) is 0 Å². The summed E-state index contributed by atoms with van der Waals surface area (Å²) in [7, 11) is 0. The van der Waals surface area contributed by atoms with E-state index in [2.05, 4.69) is 49.7 Å². The fourth-order valence-corrected chi connectivity index (χ4v) is 4.97. The number of nitrogens with zero attached hydrogens (tertiary/aromatic N) is 4. The molecular weight excluding hydrogens is 388 g/mol. The number of aryl methyl sites for hydroxylation is 1. The van der Waals surface area contributed by atoms with Gasteiger partial charge in [0, 0.05) is 50.6 Å². The van der Waals surface area contributed by atoms with Gasteiger partial charge in [-0.25, -0.2) is 9.78 Å². The molecule has 7 heteroatoms. The molecule has 2 aliphatic heterocycles. The topological polar surface area (TPSA) is 77.2 Å². The molecule has 2 N–H and O–H groups in total. The minimum atomic E-state index is 0.000838. The van der Waals surface area contributed by atoms with Crippen LogP contribution >= 0.6 is 0 Å². The van der Waals surface area contributed by atoms with E-state index in [-0.39, 0.29) is 17.4 Å². The zero-order valence-electron chi connectivity index (χ0n) is 17.8. The summed E-state index contributed by atoms with van der Waals surface area (Å²) in [5.74, 6) is 1.93. The number of hydrogen-bond acceptors (Lipinski definition) is 4. The summed E-state index contributed by atoms with van der Waals surface area (Å²) in [6.07, 6.45) is 0. The molecule has 1 unspecified atom stereocenters. The highest BCUT2D eigenvalue weighted by molar-refractivity contribution is 5.75. The lowest BCUT2D eigenvalue weighted by Gasteiger charge is -2.50. The van der Waals surface area contributed by atoms with Crippen LogP contribution < -0.4 is 5.32 Å². The predicted molar refractivity (Wildman–Crippen MR) is 118 cm³/mol. The Hall–Kier alpha value is -3.19. The van der Waals surface area contributed by atoms with Crippen LogP contribution in [0.1, 0.15) is 28.7 Å². The second kappa shape index (κ2) is 8.15. The van der Waals surface area contributed by atoms with Gasteiger partial charge < -0.3 is 10.2 Å². The molecule has 3 aromatic rings. The highest BCUT2D eigenvalue weighted by Gasteiger charge is 2.57. The molecule has 3 heterocycles. The van der Waals surface area contributed by atoms with Crippen LogP contribution in [0, 0.1) is 12.3 Å². The molecule has 2 aromatic carbocycles. The molecule has 0 aliphatic carbocycles. The largest absolute Gasteiger partial charge is 0.334 e. The Labute approximate surface area is 182 Å². The highest BCUT2D eigenvalue weighted by Crippen LogP contribution is 2.48. The van der Waals surface area contributed by atoms with Crippen LogP contribution in [0.4, 0.5) is 4.79 Å². The summed E-state index contributed by atoms with van der Waals surface area (Å²) in [5, 5.41) is 10.5. The molecule has 160 valence electrons. The first kappa shape index (κ1) is 19.8. The molecule has 7 nitrogen and oxygen atoms in total. The molecule has 2 amide bonds. The summed E-state index contributed by atoms with van der Waals surface area (Å²) in [6, 6.07) is 20.6. The maximum absolute atomic E-state index is 12.7. The van der Waals surface area contributed by atoms with Crippen molar-refractivity contribution in [3.05, 3.63) is 83.4 Å². The Morgan fingerprint density at radius 3 is 2.39 bits per heavy atom. The second-order valence-corrected chi connectivity index (χ2v) is 8.85. The zero-order chi connectivity index (χ0) is 21.3. The van der Waals surface area contributed by atoms with E-state index < -0.39 is 0 Å². The summed E-state index contributed by atoms with van der Waals surface area (Å²) >= 11 is 0. The van der Waals surface area contributed by atoms with Crippen molar-refractivity contribution in [1.29, 1.82) is 0 Å². The van der Waals surface area contributed by atoms with Gasteiger partial charge in [0.1, 0.15) is 5.82 Å². The second-order valence-electron chi connectivity index (χ2n) is 8.85. The number of aromatic nitrogens is 3. The van der Waals surface area contributed by atoms with E-state index in [0.717, 1.165) is 49.9 Å². The number of amides is 2. The Morgan fingerprint density at radius 1 is 1.06 bits per heavy atom. The third kappa shape index (κ3) is 4.05. The Balaban J connectivity index is 1.26. The van der Waals surface area contributed by atoms with E-state index in [1.807, 2.05) is 48.2 Å². The summed E-state index contributed by atoms with van der Waals surface area (Å²) in [4.78, 5) is 21.8. The van der Waals surface area contributed by atoms with Crippen molar-refractivity contribution in [3.63, 3.8) is 0 Å². The normalized spacial score (nSPS) is 20.0. The first-order valence-corrected chi connectivity index (χ1v) is 10.8. The van der Waals surface area contributed by atoms with Gasteiger partial charge in [0.2, 0.25) is 0 Å². The minimum absolute atomic E-state index is 0.000838. The molecule has 2 fully saturated rings. The SMILES string of the molecule is Cc1nc(C2CN(Cc3ccccc3)CC23CN(C(=O)NCc2ccccc2)C3)n[nH]1. The van der Waals surface area contributed by atoms with Crippen molar-refractivity contribution in [2.45, 2.75) is 25.9 Å². The first-order valence-electron chi connectivity index (χ1n) is 10.8. The molecule has 1 aromatic heterocycles. The van der Waals surface area contributed by atoms with Crippen molar-refractivity contribution in [2.75, 3.05) is 26.2 Å². The lowest BCUT2D eigenvalue weighted by molar-refractivity contribution is 0.0249. The number of urea groups is 1. The highest BCUT2D eigenvalue weighted by atomic mass is 16.2. The number of hydrogen-bond donors (Lipinski definition) is 2. The van der Waals surface area contributed by atoms with Gasteiger partial charge in [-0.1, -0.05) is 60.7 Å². The lowest BCUT2D eigenvalue weighted by Crippen LogP contribution is -2.63. The van der Waals surface area contributed by atoms with Gasteiger partial charge in [-0.2, -0.15) is 5.10 Å². The van der Waals surface area contributed by atoms with E-state index in [4.69, 9.17) is 0 Å². The quantitative estimate of drug-likeness (QED) is 0.671. The molecule has 2 saturated heterocycles. The van der Waals surface area contributed by atoms with E-state index in [1.54, 1.807) is 0 Å². The fourth-order valence-electron chi connectivity index (χ4n) is 4.97. The lowest BCUT2D eigenvalue weighted by atomic mass is 9.71. The Bertz CT molecular complexity index is 1030. The monoisotopic (exact) mass is 416 g/mol. The molecule has 31 heavy (non-hydrogen) atoms. The molecule has 1 spiro atoms. The number of carbonyl (C=O) groups is 1. The van der Waals surface area contributed by atoms with Crippen LogP contribution in [0.25, 0.3) is 0 Å². The molecule has 0 bridgehead atoms. The van der Waals surface area contributed by atoms with Crippen molar-refractivity contribution in [1.82, 2.24) is 30.3 Å². The van der Waals surface area contributed by atoms with E-state index in [9.17, 15) is 4.79 Å². The third-order valence-electron chi connectivity index (χ3n) is 6.48. The fraction of sp³-hybridized carbons (Fsp3) is 0.375. The van der Waals surface area contributed by atoms with Gasteiger partial charge in [0.15, 0.2) is 5.82 Å². The standard InChI is InChI=1S/C24H28N6O/c1-18-26-22(28-27-18)21-14-29(13-20-10-6-3-7-11-20)15-24(21)16-30(17-24)23(31)25-12-19-8-4-2-5-9-19/h2-11,21H,12-17H2,1H3,(H,25,31)(H,26,27,28). The molecular formula is C24H28N6O. The number of carbonyl (C=O) groups excluding carboxylic acids is 1. The van der Waals surface area contributed by atoms with Crippen molar-refractivity contribution >= 4 is 6.03 Å². The number of likely N-dealkylation sites (tertiary alicyclic amines) is 2. The summed E-state index contributed by atoms with van der Waals surface area (Å²) in [5.41, 5.74) is 2.42. The van der Waals surface area contributed by atoms with Gasteiger partial charge in [-0.3, -0.25) is 10.00 Å². The van der Waals surface area contributed by atoms with E-state index >= 15 is 0 Å². The van der Waals surface area contributed by atoms with Crippen molar-refractivity contribution in [3.8, 4) is 0 Å². The maximum atomic E-state index is 12.7. The van der Waals surface area contributed by atoms with Crippen LogP contribution in [0.15, 0.2) is 60.7 Å². The minimum Gasteiger partial charge on any atom is -0.334 e. The molecule has 1 atom stereocenters. The molecule has 2 aliphatic rings. The van der Waals surface area contributed by atoms with Gasteiger partial charge in [-0.05, 0) is 18.1 Å². The number of nitrogens with one attached hydrogen (secondary N) is 2. The van der Waals surface area contributed by atoms with Crippen LogP contribution in [0.2, 0.25) is 0 Å². The van der Waals surface area contributed by atoms with E-state index in [1.165, 1.54) is 5.56 Å². The van der Waals surface area contributed by atoms with Gasteiger partial charge >= 0.3 is 6.03 Å². The van der Waals surface area contributed by atoms with Crippen LogP contribution in [0.3, 0.4) is 0 Å². The predicted octanol–water partition coefficient (Wildman–Crippen LogP) is 2.92. The Morgan fingerprint density at radius 2 is 1.74 bits per heavy atom.